The zero-order valence-electron chi connectivity index (χ0n) is 7.51. The van der Waals surface area contributed by atoms with E-state index >= 15 is 0 Å². The molecule has 13 heteroatoms. The SMILES string of the molecule is [B][B]B(B([B])[B])B(B([B])[B])B([B])[B]. The molecule has 0 atom stereocenters. The molecule has 0 aliphatic rings. The van der Waals surface area contributed by atoms with Crippen LogP contribution in [-0.2, 0) is 0 Å². The summed E-state index contributed by atoms with van der Waals surface area (Å²) in [6.07, 6.45) is -2.87. The van der Waals surface area contributed by atoms with Crippen molar-refractivity contribution in [2.75, 3.05) is 0 Å². The van der Waals surface area contributed by atoms with Crippen molar-refractivity contribution in [3.63, 3.8) is 0 Å². The highest BCUT2D eigenvalue weighted by atomic mass is 13.1. The molecule has 0 fully saturated rings. The standard InChI is InChI=1S/B13/c1-8-12(9(2)3)13(10(4)5)11(6)7. The lowest BCUT2D eigenvalue weighted by molar-refractivity contribution is 3.45. The van der Waals surface area contributed by atoms with Gasteiger partial charge >= 0.3 is 0 Å². The summed E-state index contributed by atoms with van der Waals surface area (Å²) in [4.78, 5) is 0. The Morgan fingerprint density at radius 1 is 0.692 bits per heavy atom. The van der Waals surface area contributed by atoms with Gasteiger partial charge in [0.05, 0.1) is 0 Å². The third-order valence-corrected chi connectivity index (χ3v) is 2.00. The molecule has 0 amide bonds. The van der Waals surface area contributed by atoms with Gasteiger partial charge in [0, 0.05) is 93.1 Å². The van der Waals surface area contributed by atoms with Gasteiger partial charge in [-0.25, -0.2) is 0 Å². The van der Waals surface area contributed by atoms with Crippen LogP contribution in [0.1, 0.15) is 0 Å². The molecule has 15 radical (unpaired) electrons. The van der Waals surface area contributed by atoms with Gasteiger partial charge in [0.25, 0.3) is 0 Å². The van der Waals surface area contributed by atoms with Crippen molar-refractivity contribution in [3.05, 3.63) is 0 Å². The van der Waals surface area contributed by atoms with Crippen molar-refractivity contribution < 1.29 is 0 Å². The first-order valence-corrected chi connectivity index (χ1v) is 4.00. The molecule has 0 heterocycles. The van der Waals surface area contributed by atoms with Gasteiger partial charge in [-0.3, -0.25) is 0 Å². The average molecular weight is 141 g/mol. The largest absolute Gasteiger partial charge is 0 e. The Bertz CT molecular complexity index is 114. The van der Waals surface area contributed by atoms with E-state index in [2.05, 4.69) is 0 Å². The highest BCUT2D eigenvalue weighted by molar-refractivity contribution is 8.07. The Morgan fingerprint density at radius 2 is 1.08 bits per heavy atom. The normalized spacial score (nSPS) is 8.62. The molecular formula is B13. The fraction of sp³-hybridized carbons (Fsp3) is 0. The minimum absolute atomic E-state index is 0.389. The van der Waals surface area contributed by atoms with Crippen molar-refractivity contribution in [2.45, 2.75) is 0 Å². The number of hydrogen-bond donors (Lipinski definition) is 0. The Morgan fingerprint density at radius 3 is 1.15 bits per heavy atom. The molecule has 0 aromatic carbocycles. The Balaban J connectivity index is 4.49. The van der Waals surface area contributed by atoms with Crippen LogP contribution in [0.3, 0.4) is 0 Å². The summed E-state index contributed by atoms with van der Waals surface area (Å²) in [6.45, 7) is 0. The summed E-state index contributed by atoms with van der Waals surface area (Å²) in [7, 11) is 39.5. The van der Waals surface area contributed by atoms with E-state index in [9.17, 15) is 0 Å². The second kappa shape index (κ2) is 6.35. The van der Waals surface area contributed by atoms with Crippen LogP contribution in [0.5, 0.6) is 0 Å². The summed E-state index contributed by atoms with van der Waals surface area (Å²) in [5, 5.41) is 0. The maximum absolute atomic E-state index is 5.48. The van der Waals surface area contributed by atoms with Crippen LogP contribution in [-0.4, -0.2) is 93.1 Å². The van der Waals surface area contributed by atoms with Crippen LogP contribution >= 0.6 is 0 Å². The first-order chi connectivity index (χ1) is 5.91. The topological polar surface area (TPSA) is 0 Å². The zero-order chi connectivity index (χ0) is 10.6. The van der Waals surface area contributed by atoms with Gasteiger partial charge in [-0.15, -0.1) is 0 Å². The Kier molecular flexibility index (Phi) is 6.76. The minimum atomic E-state index is -0.695. The van der Waals surface area contributed by atoms with Gasteiger partial charge < -0.3 is 0 Å². The lowest BCUT2D eigenvalue weighted by Gasteiger charge is -2.31. The van der Waals surface area contributed by atoms with Crippen molar-refractivity contribution in [1.82, 2.24) is 0 Å². The van der Waals surface area contributed by atoms with Crippen molar-refractivity contribution >= 4 is 93.1 Å². The molecule has 0 nitrogen and oxygen atoms in total. The maximum atomic E-state index is 5.48. The maximum Gasteiger partial charge on any atom is 0 e. The number of rotatable bonds is 5. The van der Waals surface area contributed by atoms with Crippen LogP contribution in [0.4, 0.5) is 0 Å². The lowest BCUT2D eigenvalue weighted by Crippen LogP contribution is -2.69. The molecule has 0 N–H and O–H groups in total. The quantitative estimate of drug-likeness (QED) is 0.336. The van der Waals surface area contributed by atoms with Crippen LogP contribution in [0.2, 0.25) is 0 Å². The van der Waals surface area contributed by atoms with E-state index in [-0.39, 0.29) is 6.39 Å². The Hall–Kier alpha value is 0.844. The fourth-order valence-electron chi connectivity index (χ4n) is 1.28. The van der Waals surface area contributed by atoms with E-state index in [4.69, 9.17) is 54.2 Å². The molecule has 0 aliphatic carbocycles. The second-order valence-corrected chi connectivity index (χ2v) is 3.08. The highest BCUT2D eigenvalue weighted by Crippen LogP contribution is 1.94. The monoisotopic (exact) mass is 143 g/mol. The molecular weight excluding hydrogens is 141 g/mol. The molecule has 0 aliphatic heterocycles. The van der Waals surface area contributed by atoms with Crippen LogP contribution in [0, 0.1) is 0 Å². The van der Waals surface area contributed by atoms with E-state index in [1.807, 2.05) is 0 Å². The summed E-state index contributed by atoms with van der Waals surface area (Å²) < 4.78 is 0. The van der Waals surface area contributed by atoms with Gasteiger partial charge in [0.15, 0.2) is 0 Å². The summed E-state index contributed by atoms with van der Waals surface area (Å²) in [6, 6.07) is 0. The van der Waals surface area contributed by atoms with Crippen LogP contribution < -0.4 is 0 Å². The van der Waals surface area contributed by atoms with E-state index in [1.54, 1.807) is 0 Å². The van der Waals surface area contributed by atoms with Gasteiger partial charge in [-0.05, 0) is 0 Å². The number of hydrogen-bond acceptors (Lipinski definition) is 0. The third kappa shape index (κ3) is 4.25. The predicted octanol–water partition coefficient (Wildman–Crippen LogP) is -4.95. The lowest BCUT2D eigenvalue weighted by atomic mass is 8.50. The van der Waals surface area contributed by atoms with Gasteiger partial charge in [-0.1, -0.05) is 0 Å². The van der Waals surface area contributed by atoms with E-state index in [0.717, 1.165) is 0 Å². The Labute approximate surface area is 93.3 Å². The summed E-state index contributed by atoms with van der Waals surface area (Å²) in [5.41, 5.74) is 0. The smallest absolute Gasteiger partial charge is 0 e. The third-order valence-electron chi connectivity index (χ3n) is 2.00. The first kappa shape index (κ1) is 13.8. The first-order valence-electron chi connectivity index (χ1n) is 4.00. The molecule has 13 heavy (non-hydrogen) atoms. The molecule has 0 unspecified atom stereocenters. The molecule has 0 saturated heterocycles. The second-order valence-electron chi connectivity index (χ2n) is 3.08. The zero-order valence-corrected chi connectivity index (χ0v) is 7.51. The van der Waals surface area contributed by atoms with E-state index in [1.165, 1.54) is 7.06 Å². The molecule has 0 rings (SSSR count). The van der Waals surface area contributed by atoms with Gasteiger partial charge in [0.1, 0.15) is 0 Å². The van der Waals surface area contributed by atoms with Gasteiger partial charge in [-0.2, -0.15) is 0 Å². The molecule has 0 saturated carbocycles. The molecule has 0 bridgehead atoms. The van der Waals surface area contributed by atoms with Crippen molar-refractivity contribution in [3.8, 4) is 0 Å². The molecule has 0 aromatic heterocycles. The van der Waals surface area contributed by atoms with E-state index in [0.29, 0.717) is 0 Å². The summed E-state index contributed by atoms with van der Waals surface area (Å²) >= 11 is 0. The van der Waals surface area contributed by atoms with Crippen LogP contribution in [0.25, 0.3) is 0 Å². The average Bonchev–Trinajstić information content (AvgIpc) is 1.97. The van der Waals surface area contributed by atoms with Crippen molar-refractivity contribution in [2.24, 2.45) is 0 Å². The van der Waals surface area contributed by atoms with Gasteiger partial charge in [0.2, 0.25) is 0 Å². The highest BCUT2D eigenvalue weighted by Gasteiger charge is 2.32. The molecule has 39 valence electrons. The van der Waals surface area contributed by atoms with Crippen molar-refractivity contribution in [1.29, 1.82) is 0 Å². The minimum Gasteiger partial charge on any atom is 0 e. The van der Waals surface area contributed by atoms with E-state index < -0.39 is 25.5 Å². The molecule has 0 aromatic rings. The van der Waals surface area contributed by atoms with Crippen LogP contribution in [0.15, 0.2) is 0 Å². The fourth-order valence-corrected chi connectivity index (χ4v) is 1.28. The molecule has 0 spiro atoms. The summed E-state index contributed by atoms with van der Waals surface area (Å²) in [5.74, 6) is 0. The predicted molar refractivity (Wildman–Crippen MR) is 74.8 cm³/mol.